The molecule has 1 amide bonds. The van der Waals surface area contributed by atoms with Crippen LogP contribution < -0.4 is 19.7 Å². The van der Waals surface area contributed by atoms with Gasteiger partial charge in [-0.1, -0.05) is 30.4 Å². The minimum Gasteiger partial charge on any atom is -0.493 e. The largest absolute Gasteiger partial charge is 0.493 e. The number of hydrogen-bond acceptors (Lipinski definition) is 4. The summed E-state index contributed by atoms with van der Waals surface area (Å²) in [5, 5.41) is 2.90. The second kappa shape index (κ2) is 11.0. The highest BCUT2D eigenvalue weighted by Crippen LogP contribution is 2.28. The van der Waals surface area contributed by atoms with E-state index in [4.69, 9.17) is 9.47 Å². The SMILES string of the molecule is C/C=C/c1ccc(OCC(=O)NCCCc2ccc(N(C)C)cc2)c(OC)c1. The maximum absolute atomic E-state index is 12.0. The van der Waals surface area contributed by atoms with Gasteiger partial charge in [-0.15, -0.1) is 0 Å². The molecule has 0 saturated heterocycles. The van der Waals surface area contributed by atoms with Crippen molar-refractivity contribution in [3.63, 3.8) is 0 Å². The summed E-state index contributed by atoms with van der Waals surface area (Å²) in [7, 11) is 5.64. The van der Waals surface area contributed by atoms with E-state index in [9.17, 15) is 4.79 Å². The highest BCUT2D eigenvalue weighted by atomic mass is 16.5. The second-order valence-electron chi connectivity index (χ2n) is 6.71. The lowest BCUT2D eigenvalue weighted by Crippen LogP contribution is -2.30. The van der Waals surface area contributed by atoms with Crippen LogP contribution in [0.3, 0.4) is 0 Å². The van der Waals surface area contributed by atoms with Gasteiger partial charge in [0, 0.05) is 26.3 Å². The van der Waals surface area contributed by atoms with Crippen LogP contribution in [0.4, 0.5) is 5.69 Å². The zero-order chi connectivity index (χ0) is 20.4. The molecular weight excluding hydrogens is 352 g/mol. The third-order valence-corrected chi connectivity index (χ3v) is 4.32. The van der Waals surface area contributed by atoms with E-state index in [0.717, 1.165) is 18.4 Å². The summed E-state index contributed by atoms with van der Waals surface area (Å²) in [6, 6.07) is 14.1. The molecule has 5 nitrogen and oxygen atoms in total. The molecule has 0 fully saturated rings. The normalized spacial score (nSPS) is 10.7. The van der Waals surface area contributed by atoms with Gasteiger partial charge >= 0.3 is 0 Å². The molecule has 0 aliphatic rings. The molecule has 0 heterocycles. The molecule has 2 aromatic rings. The van der Waals surface area contributed by atoms with E-state index in [2.05, 4.69) is 34.5 Å². The van der Waals surface area contributed by atoms with Gasteiger partial charge in [0.05, 0.1) is 7.11 Å². The quantitative estimate of drug-likeness (QED) is 0.633. The number of hydrogen-bond donors (Lipinski definition) is 1. The minimum absolute atomic E-state index is 0.0309. The first-order chi connectivity index (χ1) is 13.5. The molecule has 0 spiro atoms. The predicted molar refractivity (Wildman–Crippen MR) is 115 cm³/mol. The maximum Gasteiger partial charge on any atom is 0.257 e. The monoisotopic (exact) mass is 382 g/mol. The van der Waals surface area contributed by atoms with Crippen LogP contribution in [-0.4, -0.2) is 40.3 Å². The van der Waals surface area contributed by atoms with Gasteiger partial charge in [0.1, 0.15) is 0 Å². The van der Waals surface area contributed by atoms with Crippen LogP contribution in [0.2, 0.25) is 0 Å². The molecule has 2 aromatic carbocycles. The summed E-state index contributed by atoms with van der Waals surface area (Å²) in [5.41, 5.74) is 3.47. The Morgan fingerprint density at radius 3 is 2.50 bits per heavy atom. The van der Waals surface area contributed by atoms with Crippen molar-refractivity contribution in [2.75, 3.05) is 39.3 Å². The molecule has 28 heavy (non-hydrogen) atoms. The maximum atomic E-state index is 12.0. The van der Waals surface area contributed by atoms with Gasteiger partial charge in [0.2, 0.25) is 0 Å². The van der Waals surface area contributed by atoms with Crippen molar-refractivity contribution in [1.82, 2.24) is 5.32 Å². The first-order valence-electron chi connectivity index (χ1n) is 9.50. The van der Waals surface area contributed by atoms with Crippen LogP contribution in [0.5, 0.6) is 11.5 Å². The lowest BCUT2D eigenvalue weighted by atomic mass is 10.1. The van der Waals surface area contributed by atoms with Gasteiger partial charge in [-0.3, -0.25) is 4.79 Å². The number of anilines is 1. The van der Waals surface area contributed by atoms with Crippen molar-refractivity contribution in [3.8, 4) is 11.5 Å². The Balaban J connectivity index is 1.72. The van der Waals surface area contributed by atoms with Gasteiger partial charge in [-0.25, -0.2) is 0 Å². The van der Waals surface area contributed by atoms with E-state index in [1.165, 1.54) is 11.3 Å². The Labute approximate surface area is 168 Å². The number of carbonyl (C=O) groups excluding carboxylic acids is 1. The van der Waals surface area contributed by atoms with E-state index in [1.807, 2.05) is 51.4 Å². The molecule has 0 aliphatic heterocycles. The Kier molecular flexibility index (Phi) is 8.40. The highest BCUT2D eigenvalue weighted by molar-refractivity contribution is 5.77. The van der Waals surface area contributed by atoms with Gasteiger partial charge in [-0.2, -0.15) is 0 Å². The molecule has 0 bridgehead atoms. The van der Waals surface area contributed by atoms with Crippen molar-refractivity contribution in [2.45, 2.75) is 19.8 Å². The van der Waals surface area contributed by atoms with Gasteiger partial charge in [0.25, 0.3) is 5.91 Å². The number of aryl methyl sites for hydroxylation is 1. The molecule has 0 unspecified atom stereocenters. The van der Waals surface area contributed by atoms with Gasteiger partial charge in [0.15, 0.2) is 18.1 Å². The summed E-state index contributed by atoms with van der Waals surface area (Å²) >= 11 is 0. The first-order valence-corrected chi connectivity index (χ1v) is 9.50. The fourth-order valence-corrected chi connectivity index (χ4v) is 2.77. The fraction of sp³-hybridized carbons (Fsp3) is 0.348. The van der Waals surface area contributed by atoms with Crippen molar-refractivity contribution < 1.29 is 14.3 Å². The average Bonchev–Trinajstić information content (AvgIpc) is 2.70. The number of carbonyl (C=O) groups is 1. The minimum atomic E-state index is -0.137. The van der Waals surface area contributed by atoms with Crippen molar-refractivity contribution >= 4 is 17.7 Å². The number of ether oxygens (including phenoxy) is 2. The standard InChI is InChI=1S/C23H30N2O3/c1-5-7-19-11-14-21(22(16-19)27-4)28-17-23(26)24-15-6-8-18-9-12-20(13-10-18)25(2)3/h5,7,9-14,16H,6,8,15,17H2,1-4H3,(H,24,26)/b7-5+. The van der Waals surface area contributed by atoms with Crippen molar-refractivity contribution in [3.05, 3.63) is 59.7 Å². The molecule has 0 aromatic heterocycles. The van der Waals surface area contributed by atoms with Gasteiger partial charge in [-0.05, 0) is 55.2 Å². The lowest BCUT2D eigenvalue weighted by molar-refractivity contribution is -0.123. The number of methoxy groups -OCH3 is 1. The highest BCUT2D eigenvalue weighted by Gasteiger charge is 2.08. The summed E-state index contributed by atoms with van der Waals surface area (Å²) in [6.07, 6.45) is 5.75. The van der Waals surface area contributed by atoms with Crippen molar-refractivity contribution in [2.24, 2.45) is 0 Å². The summed E-state index contributed by atoms with van der Waals surface area (Å²) in [6.45, 7) is 2.55. The molecule has 150 valence electrons. The molecule has 2 rings (SSSR count). The molecular formula is C23H30N2O3. The number of nitrogens with one attached hydrogen (secondary N) is 1. The zero-order valence-electron chi connectivity index (χ0n) is 17.2. The van der Waals surface area contributed by atoms with Crippen LogP contribution in [-0.2, 0) is 11.2 Å². The lowest BCUT2D eigenvalue weighted by Gasteiger charge is -2.13. The van der Waals surface area contributed by atoms with E-state index in [-0.39, 0.29) is 12.5 Å². The molecule has 0 saturated carbocycles. The van der Waals surface area contributed by atoms with Crippen LogP contribution in [0.25, 0.3) is 6.08 Å². The van der Waals surface area contributed by atoms with Crippen LogP contribution in [0.1, 0.15) is 24.5 Å². The molecule has 0 radical (unpaired) electrons. The number of amides is 1. The van der Waals surface area contributed by atoms with Crippen molar-refractivity contribution in [1.29, 1.82) is 0 Å². The van der Waals surface area contributed by atoms with Crippen LogP contribution >= 0.6 is 0 Å². The smallest absolute Gasteiger partial charge is 0.257 e. The third kappa shape index (κ3) is 6.65. The molecule has 0 atom stereocenters. The van der Waals surface area contributed by atoms with Crippen LogP contribution in [0, 0.1) is 0 Å². The van der Waals surface area contributed by atoms with Gasteiger partial charge < -0.3 is 19.7 Å². The van der Waals surface area contributed by atoms with E-state index in [1.54, 1.807) is 7.11 Å². The summed E-state index contributed by atoms with van der Waals surface area (Å²) in [5.74, 6) is 1.04. The summed E-state index contributed by atoms with van der Waals surface area (Å²) in [4.78, 5) is 14.1. The van der Waals surface area contributed by atoms with E-state index >= 15 is 0 Å². The number of allylic oxidation sites excluding steroid dienone is 1. The Hall–Kier alpha value is -2.95. The predicted octanol–water partition coefficient (Wildman–Crippen LogP) is 3.92. The first kappa shape index (κ1) is 21.4. The zero-order valence-corrected chi connectivity index (χ0v) is 17.2. The van der Waals surface area contributed by atoms with Crippen LogP contribution in [0.15, 0.2) is 48.5 Å². The Morgan fingerprint density at radius 2 is 1.86 bits per heavy atom. The summed E-state index contributed by atoms with van der Waals surface area (Å²) < 4.78 is 10.9. The molecule has 1 N–H and O–H groups in total. The topological polar surface area (TPSA) is 50.8 Å². The van der Waals surface area contributed by atoms with E-state index in [0.29, 0.717) is 18.0 Å². The van der Waals surface area contributed by atoms with E-state index < -0.39 is 0 Å². The number of rotatable bonds is 10. The fourth-order valence-electron chi connectivity index (χ4n) is 2.77. The molecule has 0 aliphatic carbocycles. The number of nitrogens with zero attached hydrogens (tertiary/aromatic N) is 1. The Morgan fingerprint density at radius 1 is 1.11 bits per heavy atom. The second-order valence-corrected chi connectivity index (χ2v) is 6.71. The average molecular weight is 383 g/mol. The molecule has 5 heteroatoms. The third-order valence-electron chi connectivity index (χ3n) is 4.32. The number of benzene rings is 2. The Bertz CT molecular complexity index is 783.